The monoisotopic (exact) mass is 812 g/mol. The third-order valence-corrected chi connectivity index (χ3v) is 11.8. The van der Waals surface area contributed by atoms with Crippen LogP contribution in [0.1, 0.15) is 121 Å². The molecule has 14 heteroatoms. The summed E-state index contributed by atoms with van der Waals surface area (Å²) < 4.78 is 90.6. The number of alkyl halides is 6. The number of carbonyl (C=O) groups excluding carboxylic acids is 1. The van der Waals surface area contributed by atoms with Crippen molar-refractivity contribution in [2.45, 2.75) is 152 Å². The van der Waals surface area contributed by atoms with Crippen molar-refractivity contribution in [2.24, 2.45) is 5.73 Å². The van der Waals surface area contributed by atoms with Gasteiger partial charge in [-0.2, -0.15) is 26.3 Å². The lowest BCUT2D eigenvalue weighted by atomic mass is 9.85. The summed E-state index contributed by atoms with van der Waals surface area (Å²) in [6.45, 7) is 6.92. The third-order valence-electron chi connectivity index (χ3n) is 11.8. The molecule has 2 aliphatic carbocycles. The van der Waals surface area contributed by atoms with Crippen LogP contribution in [0.3, 0.4) is 0 Å². The number of hydrogen-bond donors (Lipinski definition) is 2. The summed E-state index contributed by atoms with van der Waals surface area (Å²) in [4.78, 5) is 17.0. The van der Waals surface area contributed by atoms with E-state index in [2.05, 4.69) is 15.1 Å². The van der Waals surface area contributed by atoms with Crippen molar-refractivity contribution >= 4 is 6.09 Å². The SMILES string of the molecule is CC(C)(C)OC(=O)NC1CCC(N2CCC(c3ccccc3OCC(F)(F)F)CC2)CC1.NC1CCC(N2CCC(c3ccccc3OCC(F)(F)F)CC2)CC1. The van der Waals surface area contributed by atoms with E-state index < -0.39 is 31.2 Å². The third kappa shape index (κ3) is 14.8. The number of para-hydroxylation sites is 2. The van der Waals surface area contributed by atoms with Crippen LogP contribution in [0.25, 0.3) is 0 Å². The van der Waals surface area contributed by atoms with E-state index in [1.807, 2.05) is 45.0 Å². The van der Waals surface area contributed by atoms with E-state index in [1.165, 1.54) is 0 Å². The second-order valence-electron chi connectivity index (χ2n) is 17.2. The topological polar surface area (TPSA) is 89.3 Å². The van der Waals surface area contributed by atoms with Crippen molar-refractivity contribution in [3.8, 4) is 11.5 Å². The Hall–Kier alpha value is -3.23. The maximum Gasteiger partial charge on any atom is 0.422 e. The molecule has 2 saturated carbocycles. The number of alkyl carbamates (subject to hydrolysis) is 1. The van der Waals surface area contributed by atoms with Crippen LogP contribution in [0.5, 0.6) is 11.5 Å². The molecule has 1 amide bonds. The molecule has 8 nitrogen and oxygen atoms in total. The number of nitrogens with zero attached hydrogens (tertiary/aromatic N) is 2. The average Bonchev–Trinajstić information content (AvgIpc) is 3.16. The second kappa shape index (κ2) is 20.2. The molecule has 57 heavy (non-hydrogen) atoms. The Morgan fingerprint density at radius 3 is 1.40 bits per heavy atom. The van der Waals surface area contributed by atoms with E-state index in [0.717, 1.165) is 114 Å². The van der Waals surface area contributed by atoms with Gasteiger partial charge in [0, 0.05) is 24.2 Å². The molecule has 0 bridgehead atoms. The Balaban J connectivity index is 0.000000224. The van der Waals surface area contributed by atoms with Crippen molar-refractivity contribution in [2.75, 3.05) is 39.4 Å². The summed E-state index contributed by atoms with van der Waals surface area (Å²) in [5.74, 6) is 1.20. The van der Waals surface area contributed by atoms with E-state index in [0.29, 0.717) is 29.6 Å². The molecule has 3 N–H and O–H groups in total. The fraction of sp³-hybridized carbons (Fsp3) is 0.698. The zero-order valence-electron chi connectivity index (χ0n) is 33.7. The second-order valence-corrected chi connectivity index (χ2v) is 17.2. The smallest absolute Gasteiger partial charge is 0.422 e. The van der Waals surface area contributed by atoms with Gasteiger partial charge in [-0.1, -0.05) is 36.4 Å². The Labute approximate surface area is 334 Å². The Morgan fingerprint density at radius 1 is 0.632 bits per heavy atom. The number of carbonyl (C=O) groups is 1. The number of piperidine rings is 2. The van der Waals surface area contributed by atoms with Gasteiger partial charge in [-0.05, 0) is 159 Å². The lowest BCUT2D eigenvalue weighted by Crippen LogP contribution is -2.47. The highest BCUT2D eigenvalue weighted by Crippen LogP contribution is 2.38. The van der Waals surface area contributed by atoms with Gasteiger partial charge in [-0.15, -0.1) is 0 Å². The highest BCUT2D eigenvalue weighted by atomic mass is 19.4. The Kier molecular flexibility index (Phi) is 15.9. The molecule has 0 unspecified atom stereocenters. The number of nitrogens with one attached hydrogen (secondary N) is 1. The van der Waals surface area contributed by atoms with Crippen molar-refractivity contribution in [3.63, 3.8) is 0 Å². The number of ether oxygens (including phenoxy) is 3. The van der Waals surface area contributed by atoms with Crippen LogP contribution in [0.15, 0.2) is 48.5 Å². The number of likely N-dealkylation sites (tertiary alicyclic amines) is 2. The minimum Gasteiger partial charge on any atom is -0.484 e. The van der Waals surface area contributed by atoms with E-state index >= 15 is 0 Å². The lowest BCUT2D eigenvalue weighted by molar-refractivity contribution is -0.154. The summed E-state index contributed by atoms with van der Waals surface area (Å²) in [5, 5.41) is 2.98. The first-order chi connectivity index (χ1) is 26.9. The van der Waals surface area contributed by atoms with Crippen LogP contribution in [-0.4, -0.2) is 97.4 Å². The van der Waals surface area contributed by atoms with Crippen LogP contribution in [0.2, 0.25) is 0 Å². The predicted molar refractivity (Wildman–Crippen MR) is 209 cm³/mol. The van der Waals surface area contributed by atoms with Gasteiger partial charge in [0.1, 0.15) is 17.1 Å². The predicted octanol–water partition coefficient (Wildman–Crippen LogP) is 9.72. The van der Waals surface area contributed by atoms with Crippen LogP contribution in [0.4, 0.5) is 31.1 Å². The molecule has 2 aromatic carbocycles. The van der Waals surface area contributed by atoms with Crippen LogP contribution < -0.4 is 20.5 Å². The zero-order valence-corrected chi connectivity index (χ0v) is 33.7. The molecule has 0 radical (unpaired) electrons. The van der Waals surface area contributed by atoms with E-state index in [9.17, 15) is 31.1 Å². The highest BCUT2D eigenvalue weighted by Gasteiger charge is 2.34. The molecule has 2 aliphatic heterocycles. The molecule has 2 aromatic rings. The van der Waals surface area contributed by atoms with Gasteiger partial charge in [0.05, 0.1) is 0 Å². The van der Waals surface area contributed by atoms with E-state index in [1.54, 1.807) is 24.3 Å². The van der Waals surface area contributed by atoms with Crippen molar-refractivity contribution in [1.82, 2.24) is 15.1 Å². The quantitative estimate of drug-likeness (QED) is 0.244. The normalized spacial score (nSPS) is 24.9. The minimum atomic E-state index is -4.34. The number of halogens is 6. The van der Waals surface area contributed by atoms with Gasteiger partial charge in [-0.3, -0.25) is 0 Å². The molecular formula is C43H62F6N4O4. The molecule has 4 aliphatic rings. The van der Waals surface area contributed by atoms with Crippen LogP contribution >= 0.6 is 0 Å². The summed E-state index contributed by atoms with van der Waals surface area (Å²) >= 11 is 0. The van der Waals surface area contributed by atoms with Crippen molar-refractivity contribution < 1.29 is 45.3 Å². The first-order valence-electron chi connectivity index (χ1n) is 20.7. The number of nitrogens with two attached hydrogens (primary N) is 1. The van der Waals surface area contributed by atoms with Gasteiger partial charge in [0.15, 0.2) is 13.2 Å². The minimum absolute atomic E-state index is 0.149. The van der Waals surface area contributed by atoms with Crippen molar-refractivity contribution in [3.05, 3.63) is 59.7 Å². The summed E-state index contributed by atoms with van der Waals surface area (Å²) in [6.07, 6.45) is 3.17. The molecule has 0 spiro atoms. The van der Waals surface area contributed by atoms with Gasteiger partial charge >= 0.3 is 18.4 Å². The Morgan fingerprint density at radius 2 is 1.02 bits per heavy atom. The Bertz CT molecular complexity index is 1520. The van der Waals surface area contributed by atoms with Crippen LogP contribution in [-0.2, 0) is 4.74 Å². The van der Waals surface area contributed by atoms with Gasteiger partial charge in [0.25, 0.3) is 0 Å². The maximum atomic E-state index is 12.6. The summed E-state index contributed by atoms with van der Waals surface area (Å²) in [5.41, 5.74) is 7.28. The van der Waals surface area contributed by atoms with Gasteiger partial charge in [-0.25, -0.2) is 4.79 Å². The fourth-order valence-corrected chi connectivity index (χ4v) is 8.90. The summed E-state index contributed by atoms with van der Waals surface area (Å²) in [6, 6.07) is 15.9. The number of amides is 1. The highest BCUT2D eigenvalue weighted by molar-refractivity contribution is 5.68. The molecule has 4 fully saturated rings. The van der Waals surface area contributed by atoms with E-state index in [-0.39, 0.29) is 24.0 Å². The molecule has 0 atom stereocenters. The first kappa shape index (κ1) is 44.9. The van der Waals surface area contributed by atoms with Crippen molar-refractivity contribution in [1.29, 1.82) is 0 Å². The molecule has 2 saturated heterocycles. The number of rotatable bonds is 9. The fourth-order valence-electron chi connectivity index (χ4n) is 8.90. The molecule has 2 heterocycles. The standard InChI is InChI=1S/C24H35F3N2O3.C19H27F3N2O/c1-23(2,3)32-22(30)28-18-8-10-19(11-9-18)29-14-12-17(13-15-29)20-6-4-5-7-21(20)31-16-24(25,26)27;20-19(21,22)13-25-18-4-2-1-3-17(18)14-9-11-24(12-10-14)16-7-5-15(23)6-8-16/h4-7,17-19H,8-16H2,1-3H3,(H,28,30);1-4,14-16H,5-13,23H2. The van der Waals surface area contributed by atoms with Gasteiger partial charge in [0.2, 0.25) is 0 Å². The largest absolute Gasteiger partial charge is 0.484 e. The first-order valence-corrected chi connectivity index (χ1v) is 20.7. The van der Waals surface area contributed by atoms with Crippen LogP contribution in [0, 0.1) is 0 Å². The van der Waals surface area contributed by atoms with Gasteiger partial charge < -0.3 is 35.1 Å². The summed E-state index contributed by atoms with van der Waals surface area (Å²) in [7, 11) is 0. The number of benzene rings is 2. The lowest BCUT2D eigenvalue weighted by Gasteiger charge is -2.41. The zero-order chi connectivity index (χ0) is 41.2. The van der Waals surface area contributed by atoms with E-state index in [4.69, 9.17) is 19.9 Å². The molecule has 320 valence electrons. The number of hydrogen-bond acceptors (Lipinski definition) is 7. The molecular weight excluding hydrogens is 750 g/mol. The maximum absolute atomic E-state index is 12.6. The average molecular weight is 813 g/mol. The molecule has 6 rings (SSSR count). The molecule has 0 aromatic heterocycles.